The Labute approximate surface area is 266 Å². The molecule has 0 bridgehead atoms. The molecule has 0 amide bonds. The molecule has 3 heteroatoms. The number of benzene rings is 7. The summed E-state index contributed by atoms with van der Waals surface area (Å²) in [6.45, 7) is 8.11. The fourth-order valence-corrected chi connectivity index (χ4v) is 7.13. The highest BCUT2D eigenvalue weighted by Gasteiger charge is 2.18. The Bertz CT molecular complexity index is 2560. The molecule has 9 rings (SSSR count). The number of rotatable bonds is 4. The number of hydrogen-bond donors (Lipinski definition) is 0. The molecule has 0 radical (unpaired) electrons. The van der Waals surface area contributed by atoms with E-state index in [1.807, 2.05) is 6.07 Å². The first-order valence-corrected chi connectivity index (χ1v) is 15.5. The van der Waals surface area contributed by atoms with Crippen molar-refractivity contribution in [2.75, 3.05) is 0 Å². The molecule has 0 unspecified atom stereocenters. The minimum Gasteiger partial charge on any atom is -0.309 e. The number of fused-ring (bicyclic) bond motifs is 6. The summed E-state index contributed by atoms with van der Waals surface area (Å²) in [5.74, 6) is 0. The molecule has 0 N–H and O–H groups in total. The molecule has 214 valence electrons. The van der Waals surface area contributed by atoms with Crippen LogP contribution in [0.1, 0.15) is 0 Å². The van der Waals surface area contributed by atoms with Crippen LogP contribution in [-0.2, 0) is 0 Å². The standard InChI is InChI=1S/C43H27N3/c1-44-38-26-25-30(29-13-12-14-31(27-29)45-39-20-7-2-15-32(39)33-16-3-8-21-40(33)45)28-37(38)36-19-6-11-24-43(36)46-41-22-9-4-17-34(41)35-18-5-10-23-42(35)46/h2-28H. The second-order valence-corrected chi connectivity index (χ2v) is 11.7. The van der Waals surface area contributed by atoms with Gasteiger partial charge >= 0.3 is 0 Å². The molecular formula is C43H27N3. The Morgan fingerprint density at radius 2 is 0.891 bits per heavy atom. The first-order valence-electron chi connectivity index (χ1n) is 15.5. The van der Waals surface area contributed by atoms with E-state index in [1.165, 1.54) is 32.6 Å². The molecule has 0 aliphatic heterocycles. The predicted octanol–water partition coefficient (Wildman–Crippen LogP) is 11.8. The van der Waals surface area contributed by atoms with Crippen LogP contribution < -0.4 is 0 Å². The molecule has 9 aromatic rings. The second kappa shape index (κ2) is 10.4. The van der Waals surface area contributed by atoms with Crippen LogP contribution in [-0.4, -0.2) is 9.13 Å². The zero-order valence-electron chi connectivity index (χ0n) is 24.9. The van der Waals surface area contributed by atoms with E-state index >= 15 is 0 Å². The fraction of sp³-hybridized carbons (Fsp3) is 0. The Morgan fingerprint density at radius 3 is 1.48 bits per heavy atom. The third-order valence-corrected chi connectivity index (χ3v) is 9.15. The fourth-order valence-electron chi connectivity index (χ4n) is 7.13. The lowest BCUT2D eigenvalue weighted by Gasteiger charge is -2.16. The molecule has 2 aromatic heterocycles. The normalized spacial score (nSPS) is 11.5. The Hall–Kier alpha value is -6.37. The van der Waals surface area contributed by atoms with Crippen LogP contribution in [0.3, 0.4) is 0 Å². The van der Waals surface area contributed by atoms with Gasteiger partial charge in [0.2, 0.25) is 0 Å². The van der Waals surface area contributed by atoms with E-state index < -0.39 is 0 Å². The molecule has 3 nitrogen and oxygen atoms in total. The monoisotopic (exact) mass is 585 g/mol. The third-order valence-electron chi connectivity index (χ3n) is 9.15. The second-order valence-electron chi connectivity index (χ2n) is 11.7. The molecule has 0 aliphatic carbocycles. The molecule has 0 saturated heterocycles. The van der Waals surface area contributed by atoms with Gasteiger partial charge in [-0.25, -0.2) is 4.85 Å². The number of aromatic nitrogens is 2. The Morgan fingerprint density at radius 1 is 0.391 bits per heavy atom. The summed E-state index contributed by atoms with van der Waals surface area (Å²) in [4.78, 5) is 3.99. The van der Waals surface area contributed by atoms with Crippen LogP contribution in [0.5, 0.6) is 0 Å². The van der Waals surface area contributed by atoms with Crippen LogP contribution in [0.4, 0.5) is 5.69 Å². The van der Waals surface area contributed by atoms with Crippen molar-refractivity contribution >= 4 is 49.3 Å². The summed E-state index contributed by atoms with van der Waals surface area (Å²) in [5, 5.41) is 4.92. The summed E-state index contributed by atoms with van der Waals surface area (Å²) in [6, 6.07) is 57.7. The Kier molecular flexibility index (Phi) is 5.88. The largest absolute Gasteiger partial charge is 0.309 e. The summed E-state index contributed by atoms with van der Waals surface area (Å²) in [6.07, 6.45) is 0. The lowest BCUT2D eigenvalue weighted by Crippen LogP contribution is -1.97. The van der Waals surface area contributed by atoms with Crippen molar-refractivity contribution in [3.8, 4) is 33.6 Å². The molecule has 0 fully saturated rings. The minimum absolute atomic E-state index is 0.635. The molecule has 0 atom stereocenters. The highest BCUT2D eigenvalue weighted by Crippen LogP contribution is 2.41. The van der Waals surface area contributed by atoms with Gasteiger partial charge in [0, 0.05) is 27.2 Å². The predicted molar refractivity (Wildman–Crippen MR) is 192 cm³/mol. The van der Waals surface area contributed by atoms with E-state index in [9.17, 15) is 0 Å². The molecular weight excluding hydrogens is 558 g/mol. The van der Waals surface area contributed by atoms with Crippen LogP contribution in [0.25, 0.3) is 82.1 Å². The van der Waals surface area contributed by atoms with Gasteiger partial charge in [-0.1, -0.05) is 121 Å². The lowest BCUT2D eigenvalue weighted by molar-refractivity contribution is 1.18. The number of para-hydroxylation sites is 5. The number of hydrogen-bond acceptors (Lipinski definition) is 0. The first kappa shape index (κ1) is 26.1. The van der Waals surface area contributed by atoms with Crippen molar-refractivity contribution in [3.63, 3.8) is 0 Å². The highest BCUT2D eigenvalue weighted by molar-refractivity contribution is 6.10. The average Bonchev–Trinajstić information content (AvgIpc) is 3.64. The van der Waals surface area contributed by atoms with Gasteiger partial charge in [-0.3, -0.25) is 0 Å². The molecule has 0 aliphatic rings. The van der Waals surface area contributed by atoms with Crippen molar-refractivity contribution in [3.05, 3.63) is 175 Å². The van der Waals surface area contributed by atoms with E-state index in [0.717, 1.165) is 44.7 Å². The van der Waals surface area contributed by atoms with Gasteiger partial charge in [0.15, 0.2) is 5.69 Å². The molecule has 7 aromatic carbocycles. The van der Waals surface area contributed by atoms with Gasteiger partial charge in [0.05, 0.1) is 34.3 Å². The first-order chi connectivity index (χ1) is 22.8. The van der Waals surface area contributed by atoms with Gasteiger partial charge in [0.25, 0.3) is 0 Å². The highest BCUT2D eigenvalue weighted by atomic mass is 15.0. The summed E-state index contributed by atoms with van der Waals surface area (Å²) in [5.41, 5.74) is 11.6. The van der Waals surface area contributed by atoms with E-state index in [-0.39, 0.29) is 0 Å². The lowest BCUT2D eigenvalue weighted by atomic mass is 9.96. The zero-order valence-corrected chi connectivity index (χ0v) is 24.9. The van der Waals surface area contributed by atoms with Crippen LogP contribution in [0.2, 0.25) is 0 Å². The average molecular weight is 586 g/mol. The van der Waals surface area contributed by atoms with Crippen molar-refractivity contribution < 1.29 is 0 Å². The van der Waals surface area contributed by atoms with Crippen molar-refractivity contribution in [2.24, 2.45) is 0 Å². The summed E-state index contributed by atoms with van der Waals surface area (Å²) < 4.78 is 4.68. The van der Waals surface area contributed by atoms with Crippen LogP contribution >= 0.6 is 0 Å². The molecule has 0 saturated carbocycles. The van der Waals surface area contributed by atoms with E-state index in [0.29, 0.717) is 5.69 Å². The van der Waals surface area contributed by atoms with Gasteiger partial charge in [0.1, 0.15) is 0 Å². The summed E-state index contributed by atoms with van der Waals surface area (Å²) >= 11 is 0. The van der Waals surface area contributed by atoms with Gasteiger partial charge in [-0.05, 0) is 64.7 Å². The van der Waals surface area contributed by atoms with E-state index in [4.69, 9.17) is 6.57 Å². The van der Waals surface area contributed by atoms with Gasteiger partial charge in [-0.2, -0.15) is 0 Å². The molecule has 2 heterocycles. The Balaban J connectivity index is 1.24. The zero-order chi connectivity index (χ0) is 30.6. The minimum atomic E-state index is 0.635. The van der Waals surface area contributed by atoms with Crippen molar-refractivity contribution in [2.45, 2.75) is 0 Å². The maximum atomic E-state index is 8.11. The van der Waals surface area contributed by atoms with E-state index in [1.54, 1.807) is 0 Å². The third kappa shape index (κ3) is 3.91. The topological polar surface area (TPSA) is 14.2 Å². The number of nitrogens with zero attached hydrogens (tertiary/aromatic N) is 3. The maximum absolute atomic E-state index is 8.11. The molecule has 46 heavy (non-hydrogen) atoms. The van der Waals surface area contributed by atoms with Crippen LogP contribution in [0.15, 0.2) is 164 Å². The summed E-state index contributed by atoms with van der Waals surface area (Å²) in [7, 11) is 0. The van der Waals surface area contributed by atoms with Gasteiger partial charge < -0.3 is 9.13 Å². The van der Waals surface area contributed by atoms with Crippen LogP contribution in [0, 0.1) is 6.57 Å². The van der Waals surface area contributed by atoms with Crippen molar-refractivity contribution in [1.29, 1.82) is 0 Å². The van der Waals surface area contributed by atoms with E-state index in [2.05, 4.69) is 172 Å². The maximum Gasteiger partial charge on any atom is 0.195 e. The molecule has 0 spiro atoms. The van der Waals surface area contributed by atoms with Gasteiger partial charge in [-0.15, -0.1) is 0 Å². The quantitative estimate of drug-likeness (QED) is 0.182. The SMILES string of the molecule is [C-]#[N+]c1ccc(-c2cccc(-n3c4ccccc4c4ccccc43)c2)cc1-c1ccccc1-n1c2ccccc2c2ccccc21. The van der Waals surface area contributed by atoms with Crippen molar-refractivity contribution in [1.82, 2.24) is 9.13 Å². The smallest absolute Gasteiger partial charge is 0.195 e.